The van der Waals surface area contributed by atoms with E-state index in [-0.39, 0.29) is 18.3 Å². The lowest BCUT2D eigenvalue weighted by Gasteiger charge is -2.34. The highest BCUT2D eigenvalue weighted by Crippen LogP contribution is 2.17. The van der Waals surface area contributed by atoms with Crippen LogP contribution in [0.4, 0.5) is 4.39 Å². The minimum atomic E-state index is -0.316. The van der Waals surface area contributed by atoms with Gasteiger partial charge in [-0.1, -0.05) is 6.07 Å². The van der Waals surface area contributed by atoms with E-state index in [4.69, 9.17) is 9.15 Å². The van der Waals surface area contributed by atoms with E-state index in [1.807, 2.05) is 17.2 Å². The summed E-state index contributed by atoms with van der Waals surface area (Å²) in [6.45, 7) is 3.94. The van der Waals surface area contributed by atoms with Crippen LogP contribution in [-0.4, -0.2) is 46.9 Å². The number of carbonyl (C=O) groups is 1. The van der Waals surface area contributed by atoms with Gasteiger partial charge in [0.25, 0.3) is 5.91 Å². The van der Waals surface area contributed by atoms with Crippen molar-refractivity contribution in [2.75, 3.05) is 26.2 Å². The SMILES string of the molecule is O=C(c1ccc(COc2ccc(F)cc2)o1)N1CCN(Cc2cccnc2)CC1. The first-order valence-corrected chi connectivity index (χ1v) is 9.55. The van der Waals surface area contributed by atoms with Crippen molar-refractivity contribution in [2.24, 2.45) is 0 Å². The van der Waals surface area contributed by atoms with Crippen molar-refractivity contribution in [3.8, 4) is 5.75 Å². The van der Waals surface area contributed by atoms with Gasteiger partial charge in [-0.2, -0.15) is 0 Å². The largest absolute Gasteiger partial charge is 0.486 e. The molecule has 0 unspecified atom stereocenters. The quantitative estimate of drug-likeness (QED) is 0.641. The number of benzene rings is 1. The fourth-order valence-electron chi connectivity index (χ4n) is 3.27. The van der Waals surface area contributed by atoms with E-state index in [9.17, 15) is 9.18 Å². The van der Waals surface area contributed by atoms with Crippen LogP contribution < -0.4 is 4.74 Å². The van der Waals surface area contributed by atoms with Gasteiger partial charge in [0.2, 0.25) is 0 Å². The lowest BCUT2D eigenvalue weighted by atomic mass is 10.2. The number of aromatic nitrogens is 1. The molecule has 1 saturated heterocycles. The van der Waals surface area contributed by atoms with Crippen LogP contribution in [0.15, 0.2) is 65.3 Å². The van der Waals surface area contributed by atoms with E-state index in [1.54, 1.807) is 30.5 Å². The summed E-state index contributed by atoms with van der Waals surface area (Å²) in [6.07, 6.45) is 3.64. The standard InChI is InChI=1S/C22H22FN3O3/c23-18-3-5-19(6-4-18)28-16-20-7-8-21(29-20)22(27)26-12-10-25(11-13-26)15-17-2-1-9-24-14-17/h1-9,14H,10-13,15-16H2. The molecular formula is C22H22FN3O3. The first-order chi connectivity index (χ1) is 14.2. The van der Waals surface area contributed by atoms with Crippen LogP contribution in [0.5, 0.6) is 5.75 Å². The molecule has 0 bridgehead atoms. The van der Waals surface area contributed by atoms with Gasteiger partial charge in [-0.15, -0.1) is 0 Å². The summed E-state index contributed by atoms with van der Waals surface area (Å²) in [5, 5.41) is 0. The number of halogens is 1. The van der Waals surface area contributed by atoms with Crippen LogP contribution in [0, 0.1) is 5.82 Å². The van der Waals surface area contributed by atoms with Crippen molar-refractivity contribution in [3.05, 3.63) is 83.8 Å². The van der Waals surface area contributed by atoms with Gasteiger partial charge >= 0.3 is 0 Å². The summed E-state index contributed by atoms with van der Waals surface area (Å²) in [5.74, 6) is 0.972. The molecule has 1 fully saturated rings. The number of hydrogen-bond donors (Lipinski definition) is 0. The van der Waals surface area contributed by atoms with E-state index in [2.05, 4.69) is 16.0 Å². The number of carbonyl (C=O) groups excluding carboxylic acids is 1. The van der Waals surface area contributed by atoms with Crippen molar-refractivity contribution >= 4 is 5.91 Å². The van der Waals surface area contributed by atoms with Crippen LogP contribution in [0.1, 0.15) is 21.9 Å². The lowest BCUT2D eigenvalue weighted by molar-refractivity contribution is 0.0594. The van der Waals surface area contributed by atoms with Crippen molar-refractivity contribution in [3.63, 3.8) is 0 Å². The third kappa shape index (κ3) is 5.00. The average Bonchev–Trinajstić information content (AvgIpc) is 3.23. The topological polar surface area (TPSA) is 58.8 Å². The van der Waals surface area contributed by atoms with E-state index >= 15 is 0 Å². The monoisotopic (exact) mass is 395 g/mol. The van der Waals surface area contributed by atoms with Crippen molar-refractivity contribution < 1.29 is 18.3 Å². The zero-order valence-electron chi connectivity index (χ0n) is 16.0. The maximum atomic E-state index is 12.9. The predicted octanol–water partition coefficient (Wildman–Crippen LogP) is 3.35. The fourth-order valence-corrected chi connectivity index (χ4v) is 3.27. The highest BCUT2D eigenvalue weighted by molar-refractivity contribution is 5.91. The highest BCUT2D eigenvalue weighted by Gasteiger charge is 2.24. The molecule has 0 N–H and O–H groups in total. The summed E-state index contributed by atoms with van der Waals surface area (Å²) < 4.78 is 24.1. The molecule has 0 radical (unpaired) electrons. The second-order valence-electron chi connectivity index (χ2n) is 6.94. The van der Waals surface area contributed by atoms with Crippen LogP contribution in [-0.2, 0) is 13.2 Å². The summed E-state index contributed by atoms with van der Waals surface area (Å²) in [5.41, 5.74) is 1.17. The zero-order chi connectivity index (χ0) is 20.1. The normalized spacial score (nSPS) is 14.7. The Balaban J connectivity index is 1.27. The van der Waals surface area contributed by atoms with E-state index < -0.39 is 0 Å². The third-order valence-corrected chi connectivity index (χ3v) is 4.86. The molecule has 0 saturated carbocycles. The molecule has 7 heteroatoms. The van der Waals surface area contributed by atoms with Gasteiger partial charge in [0.15, 0.2) is 5.76 Å². The van der Waals surface area contributed by atoms with Gasteiger partial charge < -0.3 is 14.1 Å². The first-order valence-electron chi connectivity index (χ1n) is 9.55. The Hall–Kier alpha value is -3.19. The van der Waals surface area contributed by atoms with Gasteiger partial charge in [0.1, 0.15) is 23.9 Å². The zero-order valence-corrected chi connectivity index (χ0v) is 16.0. The molecule has 0 atom stereocenters. The molecule has 150 valence electrons. The highest BCUT2D eigenvalue weighted by atomic mass is 19.1. The molecular weight excluding hydrogens is 373 g/mol. The van der Waals surface area contributed by atoms with Crippen LogP contribution >= 0.6 is 0 Å². The molecule has 3 heterocycles. The Bertz CT molecular complexity index is 935. The Kier molecular flexibility index (Phi) is 5.86. The number of ether oxygens (including phenoxy) is 1. The fraction of sp³-hybridized carbons (Fsp3) is 0.273. The van der Waals surface area contributed by atoms with Gasteiger partial charge in [-0.05, 0) is 48.0 Å². The number of furan rings is 1. The number of pyridine rings is 1. The average molecular weight is 395 g/mol. The van der Waals surface area contributed by atoms with Crippen LogP contribution in [0.25, 0.3) is 0 Å². The second kappa shape index (κ2) is 8.87. The van der Waals surface area contributed by atoms with Crippen molar-refractivity contribution in [1.82, 2.24) is 14.8 Å². The molecule has 0 spiro atoms. The maximum Gasteiger partial charge on any atom is 0.289 e. The Morgan fingerprint density at radius 2 is 1.86 bits per heavy atom. The van der Waals surface area contributed by atoms with Crippen LogP contribution in [0.3, 0.4) is 0 Å². The second-order valence-corrected chi connectivity index (χ2v) is 6.94. The summed E-state index contributed by atoms with van der Waals surface area (Å²) >= 11 is 0. The van der Waals surface area contributed by atoms with Crippen LogP contribution in [0.2, 0.25) is 0 Å². The number of rotatable bonds is 6. The van der Waals surface area contributed by atoms with Gasteiger partial charge in [-0.25, -0.2) is 4.39 Å². The summed E-state index contributed by atoms with van der Waals surface area (Å²) in [4.78, 5) is 21.0. The van der Waals surface area contributed by atoms with E-state index in [0.29, 0.717) is 30.4 Å². The van der Waals surface area contributed by atoms with E-state index in [1.165, 1.54) is 17.7 Å². The first kappa shape index (κ1) is 19.1. The maximum absolute atomic E-state index is 12.9. The molecule has 29 heavy (non-hydrogen) atoms. The molecule has 1 aliphatic heterocycles. The molecule has 2 aromatic heterocycles. The predicted molar refractivity (Wildman–Crippen MR) is 105 cm³/mol. The number of nitrogens with zero attached hydrogens (tertiary/aromatic N) is 3. The molecule has 1 aliphatic rings. The minimum Gasteiger partial charge on any atom is -0.486 e. The van der Waals surface area contributed by atoms with E-state index in [0.717, 1.165) is 19.6 Å². The lowest BCUT2D eigenvalue weighted by Crippen LogP contribution is -2.48. The number of piperazine rings is 1. The number of amides is 1. The third-order valence-electron chi connectivity index (χ3n) is 4.86. The molecule has 6 nitrogen and oxygen atoms in total. The summed E-state index contributed by atoms with van der Waals surface area (Å²) in [6, 6.07) is 13.2. The molecule has 1 amide bonds. The van der Waals surface area contributed by atoms with Gasteiger partial charge in [0, 0.05) is 45.1 Å². The number of hydrogen-bond acceptors (Lipinski definition) is 5. The smallest absolute Gasteiger partial charge is 0.289 e. The minimum absolute atomic E-state index is 0.112. The molecule has 0 aliphatic carbocycles. The molecule has 3 aromatic rings. The van der Waals surface area contributed by atoms with Crippen molar-refractivity contribution in [2.45, 2.75) is 13.2 Å². The van der Waals surface area contributed by atoms with Crippen molar-refractivity contribution in [1.29, 1.82) is 0 Å². The molecule has 4 rings (SSSR count). The Labute approximate surface area is 168 Å². The Morgan fingerprint density at radius 1 is 1.07 bits per heavy atom. The summed E-state index contributed by atoms with van der Waals surface area (Å²) in [7, 11) is 0. The van der Waals surface area contributed by atoms with Gasteiger partial charge in [-0.3, -0.25) is 14.7 Å². The Morgan fingerprint density at radius 3 is 2.59 bits per heavy atom. The van der Waals surface area contributed by atoms with Gasteiger partial charge in [0.05, 0.1) is 0 Å². The molecule has 1 aromatic carbocycles.